The lowest BCUT2D eigenvalue weighted by Crippen LogP contribution is -2.56. The van der Waals surface area contributed by atoms with Gasteiger partial charge in [-0.2, -0.15) is 0 Å². The Morgan fingerprint density at radius 2 is 2.25 bits per heavy atom. The highest BCUT2D eigenvalue weighted by atomic mass is 32.2. The lowest BCUT2D eigenvalue weighted by Gasteiger charge is -2.35. The molecule has 0 aromatic rings. The zero-order chi connectivity index (χ0) is 8.60. The third-order valence-corrected chi connectivity index (χ3v) is 4.72. The molecule has 0 aromatic heterocycles. The van der Waals surface area contributed by atoms with Gasteiger partial charge in [0.25, 0.3) is 0 Å². The fraction of sp³-hybridized carbons (Fsp3) is 1.00. The molecule has 0 aromatic carbocycles. The number of nitrogens with one attached hydrogen (secondary N) is 1. The van der Waals surface area contributed by atoms with Crippen molar-refractivity contribution in [3.63, 3.8) is 0 Å². The Morgan fingerprint density at radius 3 is 3.00 bits per heavy atom. The highest BCUT2D eigenvalue weighted by molar-refractivity contribution is 7.92. The van der Waals surface area contributed by atoms with Crippen molar-refractivity contribution in [3.8, 4) is 0 Å². The average molecular weight is 191 g/mol. The van der Waals surface area contributed by atoms with E-state index in [-0.39, 0.29) is 17.0 Å². The smallest absolute Gasteiger partial charge is 0.158 e. The second kappa shape index (κ2) is 2.97. The maximum Gasteiger partial charge on any atom is 0.158 e. The molecular formula is C7H13NO3S. The second-order valence-corrected chi connectivity index (χ2v) is 5.67. The number of fused-ring (bicyclic) bond motifs is 1. The first-order chi connectivity index (χ1) is 5.70. The van der Waals surface area contributed by atoms with E-state index in [1.807, 2.05) is 0 Å². The van der Waals surface area contributed by atoms with Crippen LogP contribution in [0.15, 0.2) is 0 Å². The minimum atomic E-state index is -2.87. The first-order valence-corrected chi connectivity index (χ1v) is 5.94. The van der Waals surface area contributed by atoms with Gasteiger partial charge in [-0.1, -0.05) is 0 Å². The molecule has 70 valence electrons. The van der Waals surface area contributed by atoms with Crippen molar-refractivity contribution in [2.45, 2.75) is 17.7 Å². The lowest BCUT2D eigenvalue weighted by molar-refractivity contribution is 0.0791. The van der Waals surface area contributed by atoms with Gasteiger partial charge in [-0.05, 0) is 6.42 Å². The summed E-state index contributed by atoms with van der Waals surface area (Å²) in [5.41, 5.74) is 0. The van der Waals surface area contributed by atoms with Gasteiger partial charge in [0.1, 0.15) is 5.25 Å². The van der Waals surface area contributed by atoms with Crippen LogP contribution in [0.25, 0.3) is 0 Å². The van der Waals surface area contributed by atoms with Crippen molar-refractivity contribution >= 4 is 9.84 Å². The van der Waals surface area contributed by atoms with Crippen LogP contribution in [-0.2, 0) is 14.6 Å². The van der Waals surface area contributed by atoms with E-state index in [1.54, 1.807) is 0 Å². The van der Waals surface area contributed by atoms with E-state index in [9.17, 15) is 8.42 Å². The Hall–Kier alpha value is -0.130. The molecule has 4 nitrogen and oxygen atoms in total. The number of rotatable bonds is 0. The molecule has 0 spiro atoms. The highest BCUT2D eigenvalue weighted by Crippen LogP contribution is 2.19. The van der Waals surface area contributed by atoms with E-state index in [0.717, 1.165) is 6.42 Å². The van der Waals surface area contributed by atoms with Gasteiger partial charge in [-0.25, -0.2) is 8.42 Å². The molecule has 2 heterocycles. The Bertz CT molecular complexity index is 260. The van der Waals surface area contributed by atoms with Crippen LogP contribution in [0.2, 0.25) is 0 Å². The number of hydrogen-bond donors (Lipinski definition) is 1. The summed E-state index contributed by atoms with van der Waals surface area (Å²) in [6.45, 7) is 1.66. The Kier molecular flexibility index (Phi) is 2.10. The molecule has 1 N–H and O–H groups in total. The van der Waals surface area contributed by atoms with Crippen molar-refractivity contribution < 1.29 is 13.2 Å². The van der Waals surface area contributed by atoms with Crippen LogP contribution in [0, 0.1) is 0 Å². The average Bonchev–Trinajstić information content (AvgIpc) is 2.04. The molecule has 2 atom stereocenters. The van der Waals surface area contributed by atoms with E-state index in [2.05, 4.69) is 5.32 Å². The molecule has 2 rings (SSSR count). The van der Waals surface area contributed by atoms with Crippen molar-refractivity contribution in [3.05, 3.63) is 0 Å². The van der Waals surface area contributed by atoms with Gasteiger partial charge >= 0.3 is 0 Å². The third kappa shape index (κ3) is 1.36. The Balaban J connectivity index is 2.20. The summed E-state index contributed by atoms with van der Waals surface area (Å²) < 4.78 is 28.1. The minimum Gasteiger partial charge on any atom is -0.380 e. The molecule has 0 bridgehead atoms. The summed E-state index contributed by atoms with van der Waals surface area (Å²) in [6.07, 6.45) is 0.823. The molecule has 0 aliphatic carbocycles. The summed E-state index contributed by atoms with van der Waals surface area (Å²) >= 11 is 0. The van der Waals surface area contributed by atoms with Crippen LogP contribution in [0.4, 0.5) is 0 Å². The first-order valence-electron chi connectivity index (χ1n) is 4.23. The maximum absolute atomic E-state index is 11.5. The van der Waals surface area contributed by atoms with Crippen LogP contribution in [0.1, 0.15) is 6.42 Å². The van der Waals surface area contributed by atoms with E-state index >= 15 is 0 Å². The highest BCUT2D eigenvalue weighted by Gasteiger charge is 2.38. The van der Waals surface area contributed by atoms with Gasteiger partial charge in [-0.3, -0.25) is 0 Å². The van der Waals surface area contributed by atoms with Gasteiger partial charge in [0, 0.05) is 19.2 Å². The van der Waals surface area contributed by atoms with Crippen molar-refractivity contribution in [1.82, 2.24) is 5.32 Å². The van der Waals surface area contributed by atoms with Crippen molar-refractivity contribution in [2.24, 2.45) is 0 Å². The number of hydrogen-bond acceptors (Lipinski definition) is 4. The quantitative estimate of drug-likeness (QED) is 0.542. The molecule has 12 heavy (non-hydrogen) atoms. The fourth-order valence-corrected chi connectivity index (χ4v) is 3.58. The van der Waals surface area contributed by atoms with Crippen LogP contribution < -0.4 is 5.32 Å². The molecule has 0 amide bonds. The second-order valence-electron chi connectivity index (χ2n) is 3.33. The van der Waals surface area contributed by atoms with Crippen LogP contribution in [0.3, 0.4) is 0 Å². The molecule has 0 saturated carbocycles. The Morgan fingerprint density at radius 1 is 1.42 bits per heavy atom. The van der Waals surface area contributed by atoms with E-state index in [4.69, 9.17) is 4.74 Å². The zero-order valence-corrected chi connectivity index (χ0v) is 7.64. The van der Waals surface area contributed by atoms with Gasteiger partial charge in [0.15, 0.2) is 9.84 Å². The number of ether oxygens (including phenoxy) is 1. The SMILES string of the molecule is O=S1(=O)CCN[C@H]2CCOC[C@@H]21. The van der Waals surface area contributed by atoms with E-state index in [1.165, 1.54) is 0 Å². The summed E-state index contributed by atoms with van der Waals surface area (Å²) in [6, 6.07) is 0.137. The summed E-state index contributed by atoms with van der Waals surface area (Å²) in [5, 5.41) is 2.93. The van der Waals surface area contributed by atoms with Gasteiger partial charge in [0.05, 0.1) is 12.4 Å². The van der Waals surface area contributed by atoms with Gasteiger partial charge < -0.3 is 10.1 Å². The van der Waals surface area contributed by atoms with E-state index < -0.39 is 9.84 Å². The minimum absolute atomic E-state index is 0.137. The van der Waals surface area contributed by atoms with Crippen LogP contribution >= 0.6 is 0 Å². The monoisotopic (exact) mass is 191 g/mol. The standard InChI is InChI=1S/C7H13NO3S/c9-12(10)4-2-8-6-1-3-11-5-7(6)12/h6-8H,1-5H2/t6-,7-/m0/s1. The fourth-order valence-electron chi connectivity index (χ4n) is 1.84. The topological polar surface area (TPSA) is 55.4 Å². The molecule has 2 saturated heterocycles. The molecule has 2 aliphatic heterocycles. The van der Waals surface area contributed by atoms with Crippen molar-refractivity contribution in [2.75, 3.05) is 25.5 Å². The van der Waals surface area contributed by atoms with Crippen LogP contribution in [0.5, 0.6) is 0 Å². The number of sulfone groups is 1. The van der Waals surface area contributed by atoms with E-state index in [0.29, 0.717) is 19.8 Å². The molecule has 0 radical (unpaired) electrons. The molecule has 0 unspecified atom stereocenters. The molecule has 5 heteroatoms. The predicted octanol–water partition coefficient (Wildman–Crippen LogP) is -0.838. The van der Waals surface area contributed by atoms with Gasteiger partial charge in [-0.15, -0.1) is 0 Å². The third-order valence-electron chi connectivity index (χ3n) is 2.56. The molecule has 2 fully saturated rings. The summed E-state index contributed by atoms with van der Waals surface area (Å²) in [5.74, 6) is 0.261. The largest absolute Gasteiger partial charge is 0.380 e. The zero-order valence-electron chi connectivity index (χ0n) is 6.82. The van der Waals surface area contributed by atoms with Crippen LogP contribution in [-0.4, -0.2) is 45.2 Å². The Labute approximate surface area is 72.2 Å². The molecular weight excluding hydrogens is 178 g/mol. The van der Waals surface area contributed by atoms with Crippen molar-refractivity contribution in [1.29, 1.82) is 0 Å². The summed E-state index contributed by atoms with van der Waals surface area (Å²) in [7, 11) is -2.87. The normalized spacial score (nSPS) is 40.3. The first kappa shape index (κ1) is 8.47. The molecule has 2 aliphatic rings. The summed E-state index contributed by atoms with van der Waals surface area (Å²) in [4.78, 5) is 0. The predicted molar refractivity (Wildman–Crippen MR) is 44.8 cm³/mol. The maximum atomic E-state index is 11.5. The lowest BCUT2D eigenvalue weighted by atomic mass is 10.1. The van der Waals surface area contributed by atoms with Gasteiger partial charge in [0.2, 0.25) is 0 Å².